The minimum absolute atomic E-state index is 0.0572. The Hall–Kier alpha value is -3.86. The molecule has 0 spiro atoms. The van der Waals surface area contributed by atoms with Gasteiger partial charge in [-0.05, 0) is 38.0 Å². The maximum Gasteiger partial charge on any atom is 0.277 e. The van der Waals surface area contributed by atoms with Gasteiger partial charge in [-0.15, -0.1) is 0 Å². The van der Waals surface area contributed by atoms with Gasteiger partial charge in [-0.3, -0.25) is 24.2 Å². The van der Waals surface area contributed by atoms with Crippen molar-refractivity contribution < 1.29 is 23.4 Å². The van der Waals surface area contributed by atoms with E-state index in [2.05, 4.69) is 14.9 Å². The molecular formula is C30H27ClF2N4O4. The lowest BCUT2D eigenvalue weighted by molar-refractivity contribution is 0.146. The number of aliphatic hydroxyl groups is 1. The maximum absolute atomic E-state index is 14.0. The third-order valence-electron chi connectivity index (χ3n) is 7.57. The van der Waals surface area contributed by atoms with Gasteiger partial charge in [0.2, 0.25) is 0 Å². The normalized spacial score (nSPS) is 18.4. The van der Waals surface area contributed by atoms with Crippen molar-refractivity contribution in [3.8, 4) is 28.4 Å². The monoisotopic (exact) mass is 580 g/mol. The number of nitrogens with zero attached hydrogens (tertiary/aromatic N) is 4. The number of aliphatic hydroxyl groups excluding tert-OH is 1. The quantitative estimate of drug-likeness (QED) is 0.346. The molecule has 6 rings (SSSR count). The Morgan fingerprint density at radius 1 is 1.17 bits per heavy atom. The summed E-state index contributed by atoms with van der Waals surface area (Å²) in [6, 6.07) is 10.1. The van der Waals surface area contributed by atoms with Crippen LogP contribution in [0.5, 0.6) is 11.5 Å². The first-order valence-corrected chi connectivity index (χ1v) is 13.6. The van der Waals surface area contributed by atoms with Crippen LogP contribution in [0, 0.1) is 25.5 Å². The van der Waals surface area contributed by atoms with E-state index in [1.165, 1.54) is 4.57 Å². The van der Waals surface area contributed by atoms with Crippen molar-refractivity contribution in [2.24, 2.45) is 0 Å². The van der Waals surface area contributed by atoms with E-state index in [1.807, 2.05) is 31.2 Å². The first kappa shape index (κ1) is 27.3. The van der Waals surface area contributed by atoms with Crippen LogP contribution in [0.1, 0.15) is 35.0 Å². The van der Waals surface area contributed by atoms with Crippen LogP contribution in [0.4, 0.5) is 8.78 Å². The van der Waals surface area contributed by atoms with Crippen LogP contribution in [0.3, 0.4) is 0 Å². The smallest absolute Gasteiger partial charge is 0.277 e. The molecule has 0 radical (unpaired) electrons. The van der Waals surface area contributed by atoms with Crippen LogP contribution >= 0.6 is 11.6 Å². The number of pyridine rings is 3. The molecule has 0 bridgehead atoms. The van der Waals surface area contributed by atoms with Crippen molar-refractivity contribution in [1.82, 2.24) is 19.4 Å². The number of β-amino-alcohol motifs (C(OH)–C–C–N with tert-alkyl or cyclic N) is 1. The minimum Gasteiger partial charge on any atom is -0.491 e. The Kier molecular flexibility index (Phi) is 7.23. The van der Waals surface area contributed by atoms with Crippen LogP contribution in [-0.4, -0.2) is 50.3 Å². The standard InChI is InChI=1S/C30H27ClF2N4O4/c1-16-11-34-23(20-4-3-5-21-26(15-41-29(20)21)36-7-6-19(38)13-36)10-25(16)37-17(2)8-27(28(31)30(37)39)40-14-24-22(33)9-18(32)12-35-24/h3-5,8-12,19,26,38H,6-7,13-15H2,1-2H3. The highest BCUT2D eigenvalue weighted by atomic mass is 35.5. The van der Waals surface area contributed by atoms with Crippen molar-refractivity contribution >= 4 is 11.6 Å². The number of hydrogen-bond donors (Lipinski definition) is 1. The summed E-state index contributed by atoms with van der Waals surface area (Å²) < 4.78 is 40.4. The lowest BCUT2D eigenvalue weighted by atomic mass is 10.0. The van der Waals surface area contributed by atoms with Crippen molar-refractivity contribution in [1.29, 1.82) is 0 Å². The fourth-order valence-electron chi connectivity index (χ4n) is 5.47. The highest BCUT2D eigenvalue weighted by molar-refractivity contribution is 6.31. The lowest BCUT2D eigenvalue weighted by Gasteiger charge is -2.22. The van der Waals surface area contributed by atoms with Gasteiger partial charge in [0.15, 0.2) is 5.82 Å². The van der Waals surface area contributed by atoms with E-state index in [9.17, 15) is 18.7 Å². The molecular weight excluding hydrogens is 554 g/mol. The maximum atomic E-state index is 14.0. The zero-order valence-electron chi connectivity index (χ0n) is 22.4. The summed E-state index contributed by atoms with van der Waals surface area (Å²) in [5, 5.41) is 9.84. The Morgan fingerprint density at radius 2 is 2.00 bits per heavy atom. The molecule has 2 unspecified atom stereocenters. The summed E-state index contributed by atoms with van der Waals surface area (Å²) in [5.41, 5.74) is 3.72. The van der Waals surface area contributed by atoms with Gasteiger partial charge in [-0.2, -0.15) is 0 Å². The second kappa shape index (κ2) is 10.8. The van der Waals surface area contributed by atoms with Crippen LogP contribution in [0.25, 0.3) is 16.9 Å². The number of para-hydroxylation sites is 1. The number of fused-ring (bicyclic) bond motifs is 1. The van der Waals surface area contributed by atoms with Gasteiger partial charge >= 0.3 is 0 Å². The first-order chi connectivity index (χ1) is 19.7. The summed E-state index contributed by atoms with van der Waals surface area (Å²) in [6.45, 7) is 5.17. The zero-order valence-corrected chi connectivity index (χ0v) is 23.2. The van der Waals surface area contributed by atoms with Crippen molar-refractivity contribution in [2.75, 3.05) is 19.7 Å². The molecule has 11 heteroatoms. The molecule has 212 valence electrons. The number of halogens is 3. The predicted octanol–water partition coefficient (Wildman–Crippen LogP) is 4.92. The van der Waals surface area contributed by atoms with E-state index in [4.69, 9.17) is 21.1 Å². The number of aryl methyl sites for hydroxylation is 2. The van der Waals surface area contributed by atoms with Gasteiger partial charge in [0.1, 0.15) is 41.2 Å². The van der Waals surface area contributed by atoms with Crippen molar-refractivity contribution in [2.45, 2.75) is 39.0 Å². The van der Waals surface area contributed by atoms with Gasteiger partial charge in [0, 0.05) is 48.2 Å². The average Bonchev–Trinajstić information content (AvgIpc) is 3.58. The molecule has 2 aliphatic rings. The summed E-state index contributed by atoms with van der Waals surface area (Å²) in [7, 11) is 0. The highest BCUT2D eigenvalue weighted by Gasteiger charge is 2.35. The second-order valence-electron chi connectivity index (χ2n) is 10.3. The number of rotatable bonds is 6. The minimum atomic E-state index is -0.855. The highest BCUT2D eigenvalue weighted by Crippen LogP contribution is 2.43. The van der Waals surface area contributed by atoms with E-state index < -0.39 is 17.2 Å². The van der Waals surface area contributed by atoms with Crippen LogP contribution in [-0.2, 0) is 6.61 Å². The van der Waals surface area contributed by atoms with Crippen LogP contribution in [0.15, 0.2) is 53.6 Å². The number of ether oxygens (including phenoxy) is 2. The lowest BCUT2D eigenvalue weighted by Crippen LogP contribution is -2.28. The Labute approximate surface area is 239 Å². The largest absolute Gasteiger partial charge is 0.491 e. The Morgan fingerprint density at radius 3 is 2.76 bits per heavy atom. The van der Waals surface area contributed by atoms with Crippen LogP contribution < -0.4 is 15.0 Å². The summed E-state index contributed by atoms with van der Waals surface area (Å²) in [4.78, 5) is 24.1. The number of benzene rings is 1. The molecule has 2 aliphatic heterocycles. The molecule has 4 aromatic rings. The molecule has 1 fully saturated rings. The van der Waals surface area contributed by atoms with E-state index in [1.54, 1.807) is 19.2 Å². The molecule has 2 atom stereocenters. The molecule has 1 N–H and O–H groups in total. The van der Waals surface area contributed by atoms with Gasteiger partial charge in [0.25, 0.3) is 5.56 Å². The van der Waals surface area contributed by atoms with Crippen LogP contribution in [0.2, 0.25) is 5.02 Å². The predicted molar refractivity (Wildman–Crippen MR) is 149 cm³/mol. The number of aromatic nitrogens is 3. The summed E-state index contributed by atoms with van der Waals surface area (Å²) in [6.07, 6.45) is 3.00. The first-order valence-electron chi connectivity index (χ1n) is 13.2. The topological polar surface area (TPSA) is 89.7 Å². The van der Waals surface area contributed by atoms with E-state index in [-0.39, 0.29) is 35.2 Å². The Bertz CT molecular complexity index is 1710. The Balaban J connectivity index is 1.33. The van der Waals surface area contributed by atoms with Gasteiger partial charge in [-0.1, -0.05) is 23.7 Å². The molecule has 41 heavy (non-hydrogen) atoms. The summed E-state index contributed by atoms with van der Waals surface area (Å²) in [5.74, 6) is -0.844. The fourth-order valence-corrected chi connectivity index (χ4v) is 5.66. The van der Waals surface area contributed by atoms with E-state index in [0.29, 0.717) is 36.3 Å². The van der Waals surface area contributed by atoms with Crippen molar-refractivity contribution in [3.63, 3.8) is 0 Å². The molecule has 5 heterocycles. The van der Waals surface area contributed by atoms with Gasteiger partial charge in [-0.25, -0.2) is 8.78 Å². The van der Waals surface area contributed by atoms with E-state index in [0.717, 1.165) is 41.6 Å². The average molecular weight is 581 g/mol. The molecule has 8 nitrogen and oxygen atoms in total. The second-order valence-corrected chi connectivity index (χ2v) is 10.7. The number of likely N-dealkylation sites (tertiary alicyclic amines) is 1. The SMILES string of the molecule is Cc1cnc(-c2cccc3c2OCC3N2CCC(O)C2)cc1-n1c(C)cc(OCc2ncc(F)cc2F)c(Cl)c1=O. The van der Waals surface area contributed by atoms with Gasteiger partial charge < -0.3 is 14.6 Å². The van der Waals surface area contributed by atoms with Gasteiger partial charge in [0.05, 0.1) is 29.7 Å². The molecule has 0 aliphatic carbocycles. The fraction of sp³-hybridized carbons (Fsp3) is 0.300. The van der Waals surface area contributed by atoms with Crippen molar-refractivity contribution in [3.05, 3.63) is 98.3 Å². The van der Waals surface area contributed by atoms with E-state index >= 15 is 0 Å². The molecule has 0 saturated carbocycles. The third kappa shape index (κ3) is 5.07. The summed E-state index contributed by atoms with van der Waals surface area (Å²) >= 11 is 6.44. The molecule has 1 saturated heterocycles. The molecule has 1 aromatic carbocycles. The molecule has 0 amide bonds. The molecule has 3 aromatic heterocycles. The number of hydrogen-bond acceptors (Lipinski definition) is 7. The zero-order chi connectivity index (χ0) is 28.8. The third-order valence-corrected chi connectivity index (χ3v) is 7.91.